The van der Waals surface area contributed by atoms with E-state index in [-0.39, 0.29) is 12.0 Å². The van der Waals surface area contributed by atoms with Crippen molar-refractivity contribution < 1.29 is 5.11 Å². The Morgan fingerprint density at radius 1 is 1.28 bits per heavy atom. The second-order valence-corrected chi connectivity index (χ2v) is 6.06. The van der Waals surface area contributed by atoms with Crippen molar-refractivity contribution in [2.45, 2.75) is 39.5 Å². The molecular weight excluding hydrogens is 222 g/mol. The molecule has 1 aliphatic carbocycles. The van der Waals surface area contributed by atoms with Gasteiger partial charge in [0.25, 0.3) is 0 Å². The summed E-state index contributed by atoms with van der Waals surface area (Å²) < 4.78 is 0. The van der Waals surface area contributed by atoms with Crippen LogP contribution in [0.2, 0.25) is 0 Å². The number of benzene rings is 1. The highest BCUT2D eigenvalue weighted by atomic mass is 16.3. The summed E-state index contributed by atoms with van der Waals surface area (Å²) in [5.74, 6) is 0.796. The van der Waals surface area contributed by atoms with E-state index in [2.05, 4.69) is 32.0 Å². The highest BCUT2D eigenvalue weighted by molar-refractivity contribution is 5.34. The molecule has 100 valence electrons. The van der Waals surface area contributed by atoms with E-state index in [1.165, 1.54) is 29.5 Å². The molecule has 1 saturated carbocycles. The van der Waals surface area contributed by atoms with E-state index in [0.717, 1.165) is 18.8 Å². The van der Waals surface area contributed by atoms with Crippen molar-refractivity contribution in [1.82, 2.24) is 0 Å². The Morgan fingerprint density at radius 3 is 2.33 bits per heavy atom. The average molecular weight is 247 g/mol. The van der Waals surface area contributed by atoms with E-state index in [0.29, 0.717) is 6.54 Å². The lowest BCUT2D eigenvalue weighted by Crippen LogP contribution is -2.37. The number of aliphatic hydroxyl groups excluding tert-OH is 1. The maximum Gasteiger partial charge on any atom is 0.0502 e. The quantitative estimate of drug-likeness (QED) is 0.811. The molecule has 0 bridgehead atoms. The molecule has 0 amide bonds. The lowest BCUT2D eigenvalue weighted by molar-refractivity contribution is 0.115. The van der Waals surface area contributed by atoms with E-state index >= 15 is 0 Å². The summed E-state index contributed by atoms with van der Waals surface area (Å²) >= 11 is 0. The number of hydrogen-bond acceptors (Lipinski definition) is 2. The Kier molecular flexibility index (Phi) is 4.08. The predicted octanol–water partition coefficient (Wildman–Crippen LogP) is 2.58. The van der Waals surface area contributed by atoms with Gasteiger partial charge >= 0.3 is 0 Å². The van der Waals surface area contributed by atoms with Gasteiger partial charge in [-0.3, -0.25) is 0 Å². The highest BCUT2D eigenvalue weighted by Crippen LogP contribution is 2.42. The molecule has 3 N–H and O–H groups in total. The van der Waals surface area contributed by atoms with Gasteiger partial charge in [0.05, 0.1) is 6.61 Å². The molecule has 2 heteroatoms. The maximum absolute atomic E-state index is 9.82. The lowest BCUT2D eigenvalue weighted by Gasteiger charge is -2.32. The van der Waals surface area contributed by atoms with Crippen molar-refractivity contribution >= 4 is 0 Å². The fourth-order valence-corrected chi connectivity index (χ4v) is 2.85. The molecule has 2 nitrogen and oxygen atoms in total. The van der Waals surface area contributed by atoms with Gasteiger partial charge in [-0.05, 0) is 49.3 Å². The van der Waals surface area contributed by atoms with Crippen LogP contribution in [0.4, 0.5) is 0 Å². The van der Waals surface area contributed by atoms with Crippen LogP contribution in [0.25, 0.3) is 0 Å². The Balaban J connectivity index is 2.21. The highest BCUT2D eigenvalue weighted by Gasteiger charge is 2.36. The van der Waals surface area contributed by atoms with Crippen LogP contribution in [0, 0.1) is 25.2 Å². The molecule has 1 unspecified atom stereocenters. The molecule has 0 aromatic heterocycles. The van der Waals surface area contributed by atoms with Crippen LogP contribution < -0.4 is 5.73 Å². The molecule has 0 spiro atoms. The molecule has 0 heterocycles. The van der Waals surface area contributed by atoms with Gasteiger partial charge in [0.15, 0.2) is 0 Å². The molecular formula is C16H25NO. The van der Waals surface area contributed by atoms with E-state index < -0.39 is 0 Å². The minimum atomic E-state index is -0.113. The summed E-state index contributed by atoms with van der Waals surface area (Å²) in [6.45, 7) is 5.08. The summed E-state index contributed by atoms with van der Waals surface area (Å²) in [6, 6.07) is 6.40. The summed E-state index contributed by atoms with van der Waals surface area (Å²) in [7, 11) is 0. The molecule has 1 aromatic carbocycles. The van der Waals surface area contributed by atoms with E-state index in [4.69, 9.17) is 5.73 Å². The summed E-state index contributed by atoms with van der Waals surface area (Å²) in [5, 5.41) is 9.82. The largest absolute Gasteiger partial charge is 0.396 e. The number of rotatable bonds is 6. The number of hydrogen-bond donors (Lipinski definition) is 2. The van der Waals surface area contributed by atoms with E-state index in [9.17, 15) is 5.11 Å². The average Bonchev–Trinajstić information content (AvgIpc) is 3.16. The minimum Gasteiger partial charge on any atom is -0.396 e. The van der Waals surface area contributed by atoms with Crippen molar-refractivity contribution in [2.75, 3.05) is 13.2 Å². The maximum atomic E-state index is 9.82. The Labute approximate surface area is 110 Å². The number of nitrogens with two attached hydrogens (primary N) is 1. The second-order valence-electron chi connectivity index (χ2n) is 6.06. The van der Waals surface area contributed by atoms with Crippen LogP contribution >= 0.6 is 0 Å². The third-order valence-electron chi connectivity index (χ3n) is 4.38. The monoisotopic (exact) mass is 247 g/mol. The normalized spacial score (nSPS) is 18.7. The van der Waals surface area contributed by atoms with Gasteiger partial charge in [-0.15, -0.1) is 0 Å². The van der Waals surface area contributed by atoms with Gasteiger partial charge in [-0.25, -0.2) is 0 Å². The second kappa shape index (κ2) is 5.41. The minimum absolute atomic E-state index is 0.113. The van der Waals surface area contributed by atoms with Crippen LogP contribution in [0.5, 0.6) is 0 Å². The fourth-order valence-electron chi connectivity index (χ4n) is 2.85. The number of aryl methyl sites for hydroxylation is 2. The predicted molar refractivity (Wildman–Crippen MR) is 75.5 cm³/mol. The Hall–Kier alpha value is -0.860. The smallest absolute Gasteiger partial charge is 0.0502 e. The molecule has 1 atom stereocenters. The molecule has 2 rings (SSSR count). The third-order valence-corrected chi connectivity index (χ3v) is 4.38. The topological polar surface area (TPSA) is 46.2 Å². The molecule has 1 aliphatic rings. The first-order valence-electron chi connectivity index (χ1n) is 6.96. The molecule has 0 saturated heterocycles. The first-order valence-corrected chi connectivity index (χ1v) is 6.96. The zero-order valence-corrected chi connectivity index (χ0v) is 11.6. The van der Waals surface area contributed by atoms with Gasteiger partial charge < -0.3 is 10.8 Å². The SMILES string of the molecule is Cc1cccc(C)c1CC(CN)(CO)CC1CC1. The molecule has 0 radical (unpaired) electrons. The Morgan fingerprint density at radius 2 is 1.89 bits per heavy atom. The summed E-state index contributed by atoms with van der Waals surface area (Å²) in [6.07, 6.45) is 4.62. The molecule has 1 fully saturated rings. The van der Waals surface area contributed by atoms with Crippen molar-refractivity contribution in [1.29, 1.82) is 0 Å². The molecule has 0 aliphatic heterocycles. The van der Waals surface area contributed by atoms with Gasteiger partial charge in [0.1, 0.15) is 0 Å². The van der Waals surface area contributed by atoms with E-state index in [1.54, 1.807) is 0 Å². The van der Waals surface area contributed by atoms with Gasteiger partial charge in [0.2, 0.25) is 0 Å². The van der Waals surface area contributed by atoms with Crippen LogP contribution in [0.1, 0.15) is 36.0 Å². The summed E-state index contributed by atoms with van der Waals surface area (Å²) in [5.41, 5.74) is 9.88. The van der Waals surface area contributed by atoms with Gasteiger partial charge in [-0.1, -0.05) is 31.0 Å². The Bertz CT molecular complexity index is 385. The van der Waals surface area contributed by atoms with E-state index in [1.807, 2.05) is 0 Å². The fraction of sp³-hybridized carbons (Fsp3) is 0.625. The molecule has 18 heavy (non-hydrogen) atoms. The van der Waals surface area contributed by atoms with Crippen molar-refractivity contribution in [3.8, 4) is 0 Å². The van der Waals surface area contributed by atoms with Crippen LogP contribution in [0.3, 0.4) is 0 Å². The number of aliphatic hydroxyl groups is 1. The van der Waals surface area contributed by atoms with Crippen LogP contribution in [0.15, 0.2) is 18.2 Å². The van der Waals surface area contributed by atoms with Crippen molar-refractivity contribution in [3.05, 3.63) is 34.9 Å². The molecule has 1 aromatic rings. The third kappa shape index (κ3) is 2.93. The zero-order valence-electron chi connectivity index (χ0n) is 11.6. The van der Waals surface area contributed by atoms with Crippen LogP contribution in [-0.2, 0) is 6.42 Å². The van der Waals surface area contributed by atoms with Gasteiger partial charge in [0, 0.05) is 12.0 Å². The zero-order chi connectivity index (χ0) is 13.2. The van der Waals surface area contributed by atoms with Crippen molar-refractivity contribution in [2.24, 2.45) is 17.1 Å². The van der Waals surface area contributed by atoms with Crippen molar-refractivity contribution in [3.63, 3.8) is 0 Å². The van der Waals surface area contributed by atoms with Crippen LogP contribution in [-0.4, -0.2) is 18.3 Å². The standard InChI is InChI=1S/C16H25NO/c1-12-4-3-5-13(2)15(12)9-16(10-17,11-18)8-14-6-7-14/h3-5,14,18H,6-11,17H2,1-2H3. The first kappa shape index (κ1) is 13.6. The van der Waals surface area contributed by atoms with Gasteiger partial charge in [-0.2, -0.15) is 0 Å². The summed E-state index contributed by atoms with van der Waals surface area (Å²) in [4.78, 5) is 0. The first-order chi connectivity index (χ1) is 8.60. The lowest BCUT2D eigenvalue weighted by atomic mass is 9.76.